The number of rotatable bonds is 7. The minimum atomic E-state index is 0.721. The molecule has 1 aromatic carbocycles. The summed E-state index contributed by atoms with van der Waals surface area (Å²) in [6, 6.07) is 4.00. The third kappa shape index (κ3) is 4.71. The predicted octanol–water partition coefficient (Wildman–Crippen LogP) is 0.352. The van der Waals surface area contributed by atoms with E-state index in [1.807, 2.05) is 6.07 Å². The van der Waals surface area contributed by atoms with Crippen molar-refractivity contribution in [3.8, 4) is 17.2 Å². The summed E-state index contributed by atoms with van der Waals surface area (Å²) in [6.45, 7) is 7.29. The Morgan fingerprint density at radius 2 is 1.50 bits per heavy atom. The van der Waals surface area contributed by atoms with Gasteiger partial charge in [0.05, 0.1) is 33.4 Å². The molecule has 1 fully saturated rings. The maximum Gasteiger partial charge on any atom is 0.164 e. The third-order valence-electron chi connectivity index (χ3n) is 5.85. The largest absolute Gasteiger partial charge is 0.496 e. The number of methoxy groups -OCH3 is 3. The Hall–Kier alpha value is -1.72. The van der Waals surface area contributed by atoms with Crippen molar-refractivity contribution in [2.45, 2.75) is 25.8 Å². The van der Waals surface area contributed by atoms with E-state index in [4.69, 9.17) is 14.2 Å². The van der Waals surface area contributed by atoms with Crippen molar-refractivity contribution < 1.29 is 24.0 Å². The van der Waals surface area contributed by atoms with Gasteiger partial charge in [0, 0.05) is 12.0 Å². The molecule has 3 rings (SSSR count). The molecule has 1 aromatic rings. The zero-order valence-corrected chi connectivity index (χ0v) is 16.5. The Labute approximate surface area is 157 Å². The molecule has 0 radical (unpaired) electrons. The fraction of sp³-hybridized carbons (Fsp3) is 0.619. The molecule has 2 aliphatic rings. The van der Waals surface area contributed by atoms with Crippen LogP contribution in [0.3, 0.4) is 0 Å². The van der Waals surface area contributed by atoms with E-state index < -0.39 is 0 Å². The molecule has 144 valence electrons. The van der Waals surface area contributed by atoms with Gasteiger partial charge in [0.15, 0.2) is 11.5 Å². The van der Waals surface area contributed by atoms with Crippen LogP contribution in [0.15, 0.2) is 24.3 Å². The predicted molar refractivity (Wildman–Crippen MR) is 103 cm³/mol. The van der Waals surface area contributed by atoms with Gasteiger partial charge in [0.2, 0.25) is 0 Å². The molecule has 0 spiro atoms. The highest BCUT2D eigenvalue weighted by Crippen LogP contribution is 2.34. The Bertz CT molecular complexity index is 610. The van der Waals surface area contributed by atoms with E-state index in [9.17, 15) is 0 Å². The molecule has 1 unspecified atom stereocenters. The standard InChI is InChI=1S/C21H32N2O3/c1-24-19-14-21(26-3)20(25-2)13-18(19)16-23-11-9-22(10-12-23)15-17-7-5-4-6-8-17/h4-5,13-14,17H,6-12,15-16H2,1-3H3/p+2. The molecule has 5 heteroatoms. The van der Waals surface area contributed by atoms with Gasteiger partial charge < -0.3 is 24.0 Å². The molecular weight excluding hydrogens is 328 g/mol. The van der Waals surface area contributed by atoms with Crippen LogP contribution in [0.25, 0.3) is 0 Å². The quantitative estimate of drug-likeness (QED) is 0.688. The molecule has 0 bridgehead atoms. The van der Waals surface area contributed by atoms with Crippen molar-refractivity contribution in [1.29, 1.82) is 0 Å². The van der Waals surface area contributed by atoms with Gasteiger partial charge in [0.1, 0.15) is 38.5 Å². The van der Waals surface area contributed by atoms with Gasteiger partial charge in [-0.15, -0.1) is 0 Å². The molecule has 0 amide bonds. The maximum absolute atomic E-state index is 5.59. The zero-order valence-electron chi connectivity index (χ0n) is 16.5. The Balaban J connectivity index is 1.56. The van der Waals surface area contributed by atoms with Crippen molar-refractivity contribution >= 4 is 0 Å². The second-order valence-electron chi connectivity index (χ2n) is 7.55. The van der Waals surface area contributed by atoms with Gasteiger partial charge in [-0.3, -0.25) is 0 Å². The Morgan fingerprint density at radius 3 is 2.12 bits per heavy atom. The van der Waals surface area contributed by atoms with Gasteiger partial charge in [-0.25, -0.2) is 0 Å². The number of hydrogen-bond acceptors (Lipinski definition) is 3. The fourth-order valence-corrected chi connectivity index (χ4v) is 4.29. The van der Waals surface area contributed by atoms with Crippen molar-refractivity contribution in [1.82, 2.24) is 0 Å². The summed E-state index contributed by atoms with van der Waals surface area (Å²) < 4.78 is 16.4. The van der Waals surface area contributed by atoms with Crippen LogP contribution in [0, 0.1) is 5.92 Å². The summed E-state index contributed by atoms with van der Waals surface area (Å²) in [7, 11) is 5.07. The number of ether oxygens (including phenoxy) is 3. The van der Waals surface area contributed by atoms with Gasteiger partial charge in [-0.05, 0) is 25.3 Å². The van der Waals surface area contributed by atoms with Crippen LogP contribution in [0.2, 0.25) is 0 Å². The topological polar surface area (TPSA) is 36.6 Å². The highest BCUT2D eigenvalue weighted by atomic mass is 16.5. The zero-order chi connectivity index (χ0) is 18.4. The first-order chi connectivity index (χ1) is 12.7. The van der Waals surface area contributed by atoms with E-state index in [1.165, 1.54) is 57.5 Å². The lowest BCUT2D eigenvalue weighted by Gasteiger charge is -2.32. The lowest BCUT2D eigenvalue weighted by atomic mass is 9.94. The van der Waals surface area contributed by atoms with E-state index in [0.29, 0.717) is 0 Å². The molecule has 1 atom stereocenters. The van der Waals surface area contributed by atoms with Crippen molar-refractivity contribution in [3.63, 3.8) is 0 Å². The van der Waals surface area contributed by atoms with E-state index >= 15 is 0 Å². The van der Waals surface area contributed by atoms with Crippen molar-refractivity contribution in [3.05, 3.63) is 29.8 Å². The van der Waals surface area contributed by atoms with Crippen LogP contribution >= 0.6 is 0 Å². The smallest absolute Gasteiger partial charge is 0.164 e. The molecule has 1 aliphatic carbocycles. The summed E-state index contributed by atoms with van der Waals surface area (Å²) >= 11 is 0. The lowest BCUT2D eigenvalue weighted by molar-refractivity contribution is -1.02. The highest BCUT2D eigenvalue weighted by Gasteiger charge is 2.27. The van der Waals surface area contributed by atoms with Crippen LogP contribution in [-0.2, 0) is 6.54 Å². The number of quaternary nitrogens is 2. The molecule has 2 N–H and O–H groups in total. The SMILES string of the molecule is COc1cc(OC)c(OC)cc1C[NH+]1CC[NH+](CC2CC=CCC2)CC1. The summed E-state index contributed by atoms with van der Waals surface area (Å²) in [5.74, 6) is 3.28. The number of piperazine rings is 1. The number of nitrogens with one attached hydrogen (secondary N) is 2. The van der Waals surface area contributed by atoms with Crippen molar-refractivity contribution in [2.75, 3.05) is 54.1 Å². The molecule has 0 saturated carbocycles. The summed E-state index contributed by atoms with van der Waals surface area (Å²) in [5.41, 5.74) is 1.20. The van der Waals surface area contributed by atoms with Crippen LogP contribution in [0.5, 0.6) is 17.2 Å². The third-order valence-corrected chi connectivity index (χ3v) is 5.85. The minimum absolute atomic E-state index is 0.721. The van der Waals surface area contributed by atoms with Gasteiger partial charge in [-0.2, -0.15) is 0 Å². The monoisotopic (exact) mass is 362 g/mol. The van der Waals surface area contributed by atoms with E-state index in [2.05, 4.69) is 18.2 Å². The highest BCUT2D eigenvalue weighted by molar-refractivity contribution is 5.50. The molecule has 1 heterocycles. The fourth-order valence-electron chi connectivity index (χ4n) is 4.29. The van der Waals surface area contributed by atoms with Gasteiger partial charge in [-0.1, -0.05) is 12.2 Å². The van der Waals surface area contributed by atoms with E-state index in [0.717, 1.165) is 29.7 Å². The normalized spacial score (nSPS) is 25.7. The van der Waals surface area contributed by atoms with Crippen LogP contribution in [-0.4, -0.2) is 54.1 Å². The molecule has 5 nitrogen and oxygen atoms in total. The average Bonchev–Trinajstić information content (AvgIpc) is 2.70. The number of hydrogen-bond donors (Lipinski definition) is 2. The van der Waals surface area contributed by atoms with Crippen LogP contribution in [0.1, 0.15) is 24.8 Å². The number of allylic oxidation sites excluding steroid dienone is 2. The molecule has 1 saturated heterocycles. The second-order valence-corrected chi connectivity index (χ2v) is 7.55. The van der Waals surface area contributed by atoms with E-state index in [1.54, 1.807) is 31.1 Å². The summed E-state index contributed by atoms with van der Waals surface area (Å²) in [5, 5.41) is 0. The maximum atomic E-state index is 5.59. The molecule has 26 heavy (non-hydrogen) atoms. The number of benzene rings is 1. The first-order valence-electron chi connectivity index (χ1n) is 9.84. The lowest BCUT2D eigenvalue weighted by Crippen LogP contribution is -3.27. The molecule has 1 aliphatic heterocycles. The Kier molecular flexibility index (Phi) is 6.80. The van der Waals surface area contributed by atoms with Crippen molar-refractivity contribution in [2.24, 2.45) is 5.92 Å². The summed E-state index contributed by atoms with van der Waals surface area (Å²) in [4.78, 5) is 3.41. The Morgan fingerprint density at radius 1 is 0.846 bits per heavy atom. The van der Waals surface area contributed by atoms with Crippen LogP contribution in [0.4, 0.5) is 0 Å². The minimum Gasteiger partial charge on any atom is -0.496 e. The molecular formula is C21H34N2O3+2. The first-order valence-corrected chi connectivity index (χ1v) is 9.84. The van der Waals surface area contributed by atoms with Crippen LogP contribution < -0.4 is 24.0 Å². The first kappa shape index (κ1) is 19.1. The van der Waals surface area contributed by atoms with Gasteiger partial charge >= 0.3 is 0 Å². The summed E-state index contributed by atoms with van der Waals surface area (Å²) in [6.07, 6.45) is 8.64. The molecule has 0 aromatic heterocycles. The average molecular weight is 363 g/mol. The van der Waals surface area contributed by atoms with E-state index in [-0.39, 0.29) is 0 Å². The second kappa shape index (κ2) is 9.28. The van der Waals surface area contributed by atoms with Gasteiger partial charge in [0.25, 0.3) is 0 Å².